The van der Waals surface area contributed by atoms with Crippen LogP contribution in [0.3, 0.4) is 0 Å². The van der Waals surface area contributed by atoms with Crippen molar-refractivity contribution >= 4 is 11.8 Å². The van der Waals surface area contributed by atoms with Gasteiger partial charge < -0.3 is 14.2 Å². The van der Waals surface area contributed by atoms with Crippen LogP contribution in [0.15, 0.2) is 53.1 Å². The molecule has 0 aliphatic carbocycles. The molecule has 1 atom stereocenters. The van der Waals surface area contributed by atoms with E-state index in [1.54, 1.807) is 6.26 Å². The molecule has 1 spiro atoms. The van der Waals surface area contributed by atoms with Crippen LogP contribution in [0.1, 0.15) is 37.0 Å². The lowest BCUT2D eigenvalue weighted by Crippen LogP contribution is -2.50. The molecule has 28 heavy (non-hydrogen) atoms. The molecule has 148 valence electrons. The molecule has 0 radical (unpaired) electrons. The number of piperidine rings is 1. The lowest BCUT2D eigenvalue weighted by molar-refractivity contribution is -0.146. The van der Waals surface area contributed by atoms with Gasteiger partial charge in [0.15, 0.2) is 0 Å². The van der Waals surface area contributed by atoms with E-state index in [4.69, 9.17) is 4.42 Å². The van der Waals surface area contributed by atoms with Gasteiger partial charge in [0.1, 0.15) is 5.76 Å². The fourth-order valence-electron chi connectivity index (χ4n) is 4.58. The van der Waals surface area contributed by atoms with Gasteiger partial charge in [-0.2, -0.15) is 0 Å². The van der Waals surface area contributed by atoms with Crippen LogP contribution < -0.4 is 0 Å². The van der Waals surface area contributed by atoms with E-state index in [1.807, 2.05) is 40.1 Å². The van der Waals surface area contributed by atoms with E-state index in [-0.39, 0.29) is 17.2 Å². The molecule has 0 bridgehead atoms. The van der Waals surface area contributed by atoms with Crippen molar-refractivity contribution in [2.24, 2.45) is 5.41 Å². The van der Waals surface area contributed by atoms with Gasteiger partial charge in [0, 0.05) is 39.0 Å². The number of carbonyl (C=O) groups is 2. The van der Waals surface area contributed by atoms with Crippen molar-refractivity contribution < 1.29 is 14.0 Å². The second kappa shape index (κ2) is 8.21. The zero-order valence-corrected chi connectivity index (χ0v) is 16.3. The third kappa shape index (κ3) is 3.98. The predicted octanol–water partition coefficient (Wildman–Crippen LogP) is 3.30. The normalized spacial score (nSPS) is 22.2. The molecule has 0 saturated carbocycles. The third-order valence-electron chi connectivity index (χ3n) is 6.21. The first-order chi connectivity index (χ1) is 13.7. The van der Waals surface area contributed by atoms with Gasteiger partial charge in [-0.05, 0) is 43.4 Å². The number of hydrogen-bond acceptors (Lipinski definition) is 3. The van der Waals surface area contributed by atoms with Gasteiger partial charge >= 0.3 is 0 Å². The van der Waals surface area contributed by atoms with Gasteiger partial charge in [0.25, 0.3) is 0 Å². The maximum absolute atomic E-state index is 13.3. The second-order valence-corrected chi connectivity index (χ2v) is 8.06. The summed E-state index contributed by atoms with van der Waals surface area (Å²) in [6.45, 7) is 2.86. The maximum Gasteiger partial charge on any atom is 0.230 e. The quantitative estimate of drug-likeness (QED) is 0.773. The highest BCUT2D eigenvalue weighted by atomic mass is 16.3. The Morgan fingerprint density at radius 1 is 1.04 bits per heavy atom. The summed E-state index contributed by atoms with van der Waals surface area (Å²) in [5.74, 6) is 1.21. The van der Waals surface area contributed by atoms with E-state index >= 15 is 0 Å². The Hall–Kier alpha value is -2.56. The van der Waals surface area contributed by atoms with Gasteiger partial charge in [-0.1, -0.05) is 30.3 Å². The lowest BCUT2D eigenvalue weighted by Gasteiger charge is -2.39. The Labute approximate surface area is 166 Å². The van der Waals surface area contributed by atoms with Gasteiger partial charge in [-0.15, -0.1) is 0 Å². The number of amides is 2. The molecule has 1 aromatic carbocycles. The molecule has 3 heterocycles. The summed E-state index contributed by atoms with van der Waals surface area (Å²) in [5, 5.41) is 0. The smallest absolute Gasteiger partial charge is 0.230 e. The lowest BCUT2D eigenvalue weighted by atomic mass is 9.78. The van der Waals surface area contributed by atoms with Crippen molar-refractivity contribution in [3.8, 4) is 0 Å². The minimum atomic E-state index is -0.366. The number of rotatable bonds is 6. The predicted molar refractivity (Wildman–Crippen MR) is 107 cm³/mol. The van der Waals surface area contributed by atoms with Crippen LogP contribution in [0.25, 0.3) is 0 Å². The first kappa shape index (κ1) is 18.8. The number of hydrogen-bond donors (Lipinski definition) is 0. The van der Waals surface area contributed by atoms with Crippen molar-refractivity contribution in [1.82, 2.24) is 9.80 Å². The average molecular weight is 380 g/mol. The molecule has 1 aromatic heterocycles. The monoisotopic (exact) mass is 380 g/mol. The summed E-state index contributed by atoms with van der Waals surface area (Å²) in [6.07, 6.45) is 6.29. The van der Waals surface area contributed by atoms with Crippen LogP contribution in [0.2, 0.25) is 0 Å². The minimum Gasteiger partial charge on any atom is -0.469 e. The topological polar surface area (TPSA) is 53.8 Å². The van der Waals surface area contributed by atoms with Crippen molar-refractivity contribution in [3.05, 3.63) is 60.1 Å². The van der Waals surface area contributed by atoms with Gasteiger partial charge in [0.2, 0.25) is 11.8 Å². The summed E-state index contributed by atoms with van der Waals surface area (Å²) in [7, 11) is 0. The van der Waals surface area contributed by atoms with Crippen LogP contribution in [0.4, 0.5) is 0 Å². The molecular weight excluding hydrogens is 352 g/mol. The highest BCUT2D eigenvalue weighted by Gasteiger charge is 2.49. The van der Waals surface area contributed by atoms with Gasteiger partial charge in [-0.25, -0.2) is 0 Å². The Kier molecular flexibility index (Phi) is 5.51. The zero-order valence-electron chi connectivity index (χ0n) is 16.3. The standard InChI is InChI=1S/C23H28N2O3/c26-21(10-9-20-8-4-17-28-20)25-16-13-23(18-25)12-5-14-24(22(23)27)15-11-19-6-2-1-3-7-19/h1-4,6-8,17H,5,9-16,18H2/t23-/m1/s1. The number of aryl methyl sites for hydroxylation is 1. The van der Waals surface area contributed by atoms with Crippen LogP contribution in [0, 0.1) is 5.41 Å². The van der Waals surface area contributed by atoms with Crippen LogP contribution in [0.5, 0.6) is 0 Å². The fourth-order valence-corrected chi connectivity index (χ4v) is 4.58. The van der Waals surface area contributed by atoms with Crippen LogP contribution >= 0.6 is 0 Å². The summed E-state index contributed by atoms with van der Waals surface area (Å²) in [4.78, 5) is 29.8. The zero-order chi connectivity index (χ0) is 19.4. The molecule has 5 nitrogen and oxygen atoms in total. The van der Waals surface area contributed by atoms with Crippen molar-refractivity contribution in [1.29, 1.82) is 0 Å². The Bertz CT molecular complexity index is 803. The Morgan fingerprint density at radius 3 is 2.68 bits per heavy atom. The number of nitrogens with zero attached hydrogens (tertiary/aromatic N) is 2. The molecule has 2 amide bonds. The first-order valence-corrected chi connectivity index (χ1v) is 10.3. The highest BCUT2D eigenvalue weighted by molar-refractivity contribution is 5.86. The molecule has 2 aromatic rings. The SMILES string of the molecule is O=C(CCc1ccco1)N1CC[C@]2(CCCN(CCc3ccccc3)C2=O)C1. The number of benzene rings is 1. The highest BCUT2D eigenvalue weighted by Crippen LogP contribution is 2.40. The van der Waals surface area contributed by atoms with E-state index < -0.39 is 0 Å². The number of furan rings is 1. The molecule has 4 rings (SSSR count). The molecule has 2 fully saturated rings. The van der Waals surface area contributed by atoms with Gasteiger partial charge in [0.05, 0.1) is 11.7 Å². The van der Waals surface area contributed by atoms with Crippen molar-refractivity contribution in [2.75, 3.05) is 26.2 Å². The van der Waals surface area contributed by atoms with E-state index in [2.05, 4.69) is 12.1 Å². The molecule has 2 aliphatic heterocycles. The van der Waals surface area contributed by atoms with Gasteiger partial charge in [-0.3, -0.25) is 9.59 Å². The number of likely N-dealkylation sites (tertiary alicyclic amines) is 2. The van der Waals surface area contributed by atoms with E-state index in [0.717, 1.165) is 44.5 Å². The molecule has 2 saturated heterocycles. The van der Waals surface area contributed by atoms with Crippen molar-refractivity contribution in [3.63, 3.8) is 0 Å². The van der Waals surface area contributed by atoms with Crippen molar-refractivity contribution in [2.45, 2.75) is 38.5 Å². The summed E-state index contributed by atoms with van der Waals surface area (Å²) in [5.41, 5.74) is 0.894. The van der Waals surface area contributed by atoms with E-state index in [9.17, 15) is 9.59 Å². The maximum atomic E-state index is 13.3. The number of carbonyl (C=O) groups excluding carboxylic acids is 2. The Balaban J connectivity index is 1.33. The second-order valence-electron chi connectivity index (χ2n) is 8.06. The van der Waals surface area contributed by atoms with E-state index in [0.29, 0.717) is 25.9 Å². The van der Waals surface area contributed by atoms with Crippen LogP contribution in [-0.4, -0.2) is 47.8 Å². The largest absolute Gasteiger partial charge is 0.469 e. The molecule has 0 unspecified atom stereocenters. The summed E-state index contributed by atoms with van der Waals surface area (Å²) >= 11 is 0. The molecule has 0 N–H and O–H groups in total. The average Bonchev–Trinajstić information content (AvgIpc) is 3.39. The molecule has 5 heteroatoms. The summed E-state index contributed by atoms with van der Waals surface area (Å²) in [6, 6.07) is 14.1. The van der Waals surface area contributed by atoms with Crippen LogP contribution in [-0.2, 0) is 22.4 Å². The van der Waals surface area contributed by atoms with E-state index in [1.165, 1.54) is 5.56 Å². The molecule has 2 aliphatic rings. The first-order valence-electron chi connectivity index (χ1n) is 10.3. The molecular formula is C23H28N2O3. The third-order valence-corrected chi connectivity index (χ3v) is 6.21. The fraction of sp³-hybridized carbons (Fsp3) is 0.478. The minimum absolute atomic E-state index is 0.127. The summed E-state index contributed by atoms with van der Waals surface area (Å²) < 4.78 is 5.32. The Morgan fingerprint density at radius 2 is 1.89 bits per heavy atom.